The van der Waals surface area contributed by atoms with E-state index in [2.05, 4.69) is 31.0 Å². The second kappa shape index (κ2) is 10.1. The van der Waals surface area contributed by atoms with Gasteiger partial charge in [0.15, 0.2) is 5.78 Å². The third kappa shape index (κ3) is 4.40. The van der Waals surface area contributed by atoms with E-state index < -0.39 is 58.4 Å². The van der Waals surface area contributed by atoms with Crippen molar-refractivity contribution < 1.29 is 41.1 Å². The fraction of sp³-hybridized carbons (Fsp3) is 0.812. The number of ether oxygens (including phenoxy) is 1. The Bertz CT molecular complexity index is 1340. The highest BCUT2D eigenvalue weighted by Gasteiger charge is 2.81. The van der Waals surface area contributed by atoms with Crippen LogP contribution in [-0.2, 0) is 38.5 Å². The van der Waals surface area contributed by atoms with Crippen molar-refractivity contribution in [2.45, 2.75) is 93.1 Å². The van der Waals surface area contributed by atoms with Crippen LogP contribution < -0.4 is 0 Å². The van der Waals surface area contributed by atoms with Crippen LogP contribution in [0.15, 0.2) is 12.2 Å². The van der Waals surface area contributed by atoms with Crippen molar-refractivity contribution in [1.29, 1.82) is 0 Å². The molecule has 10 heteroatoms. The van der Waals surface area contributed by atoms with Crippen LogP contribution in [0.1, 0.15) is 87.0 Å². The summed E-state index contributed by atoms with van der Waals surface area (Å²) in [6.45, 7) is 12.5. The van der Waals surface area contributed by atoms with Crippen molar-refractivity contribution in [1.82, 2.24) is 0 Å². The van der Waals surface area contributed by atoms with Crippen LogP contribution >= 0.6 is 0 Å². The van der Waals surface area contributed by atoms with Gasteiger partial charge in [0.1, 0.15) is 6.10 Å². The summed E-state index contributed by atoms with van der Waals surface area (Å²) in [5.74, 6) is -3.15. The maximum absolute atomic E-state index is 13.8. The third-order valence-corrected chi connectivity index (χ3v) is 13.7. The lowest BCUT2D eigenvalue weighted by atomic mass is 9.43. The molecule has 4 fully saturated rings. The van der Waals surface area contributed by atoms with Gasteiger partial charge in [0.2, 0.25) is 11.6 Å². The first-order chi connectivity index (χ1) is 19.4. The first-order valence-corrected chi connectivity index (χ1v) is 16.8. The fourth-order valence-corrected chi connectivity index (χ4v) is 11.2. The molecule has 5 aliphatic rings. The largest absolute Gasteiger partial charge is 0.462 e. The second-order valence-corrected chi connectivity index (χ2v) is 15.9. The Kier molecular flexibility index (Phi) is 7.55. The number of esters is 1. The minimum absolute atomic E-state index is 0.0255. The van der Waals surface area contributed by atoms with Crippen LogP contribution in [0.25, 0.3) is 0 Å². The lowest BCUT2D eigenvalue weighted by molar-refractivity contribution is -0.156. The topological polar surface area (TPSA) is 141 Å². The van der Waals surface area contributed by atoms with Gasteiger partial charge in [-0.3, -0.25) is 23.7 Å². The SMILES string of the molecule is CC(=O)OC1CC2(C)C3CCC4C(C)C(=O)C=CC45CC35CCC2(C)C1C(C)C(=O)C(=O)C(C)C(C)COS(=O)(=O)O. The molecule has 5 rings (SSSR count). The van der Waals surface area contributed by atoms with Crippen molar-refractivity contribution in [2.24, 2.45) is 63.1 Å². The number of hydrogen-bond acceptors (Lipinski definition) is 8. The molecule has 5 aliphatic carbocycles. The number of Topliss-reactive ketones (excluding diaryl/α,β-unsaturated/α-hetero) is 2. The molecule has 0 aromatic heterocycles. The van der Waals surface area contributed by atoms with Gasteiger partial charge < -0.3 is 4.74 Å². The van der Waals surface area contributed by atoms with E-state index in [-0.39, 0.29) is 39.3 Å². The van der Waals surface area contributed by atoms with E-state index in [4.69, 9.17) is 9.29 Å². The molecule has 12 atom stereocenters. The molecular weight excluding hydrogens is 560 g/mol. The van der Waals surface area contributed by atoms with Crippen LogP contribution in [-0.4, -0.2) is 49.0 Å². The van der Waals surface area contributed by atoms with Gasteiger partial charge in [0.25, 0.3) is 0 Å². The Hall–Kier alpha value is -1.91. The van der Waals surface area contributed by atoms with Gasteiger partial charge in [-0.2, -0.15) is 8.42 Å². The van der Waals surface area contributed by atoms with Crippen molar-refractivity contribution >= 4 is 33.7 Å². The molecular formula is C32H46O9S. The summed E-state index contributed by atoms with van der Waals surface area (Å²) >= 11 is 0. The minimum atomic E-state index is -4.67. The van der Waals surface area contributed by atoms with E-state index in [1.165, 1.54) is 6.92 Å². The van der Waals surface area contributed by atoms with Gasteiger partial charge in [0, 0.05) is 30.6 Å². The lowest BCUT2D eigenvalue weighted by Gasteiger charge is -2.60. The summed E-state index contributed by atoms with van der Waals surface area (Å²) in [7, 11) is -4.67. The van der Waals surface area contributed by atoms with E-state index in [0.717, 1.165) is 32.1 Å². The summed E-state index contributed by atoms with van der Waals surface area (Å²) in [6.07, 6.45) is 9.00. The van der Waals surface area contributed by atoms with Crippen molar-refractivity contribution in [3.05, 3.63) is 12.2 Å². The Morgan fingerprint density at radius 3 is 2.36 bits per heavy atom. The Morgan fingerprint density at radius 1 is 1.07 bits per heavy atom. The average Bonchev–Trinajstić information content (AvgIpc) is 3.51. The summed E-state index contributed by atoms with van der Waals surface area (Å²) in [6, 6.07) is 0. The molecule has 2 spiro atoms. The third-order valence-electron chi connectivity index (χ3n) is 13.3. The summed E-state index contributed by atoms with van der Waals surface area (Å²) in [5.41, 5.74) is -0.457. The molecule has 42 heavy (non-hydrogen) atoms. The van der Waals surface area contributed by atoms with Crippen LogP contribution in [0.5, 0.6) is 0 Å². The molecule has 9 nitrogen and oxygen atoms in total. The van der Waals surface area contributed by atoms with E-state index in [1.54, 1.807) is 20.8 Å². The predicted octanol–water partition coefficient (Wildman–Crippen LogP) is 4.79. The number of carbonyl (C=O) groups is 4. The molecule has 1 N–H and O–H groups in total. The summed E-state index contributed by atoms with van der Waals surface area (Å²) in [5, 5.41) is 0. The van der Waals surface area contributed by atoms with E-state index in [9.17, 15) is 27.6 Å². The fourth-order valence-electron chi connectivity index (χ4n) is 10.8. The molecule has 4 saturated carbocycles. The van der Waals surface area contributed by atoms with Crippen LogP contribution in [0.2, 0.25) is 0 Å². The molecule has 0 bridgehead atoms. The summed E-state index contributed by atoms with van der Waals surface area (Å²) < 4.78 is 41.4. The van der Waals surface area contributed by atoms with E-state index >= 15 is 0 Å². The number of ketones is 3. The maximum atomic E-state index is 13.8. The molecule has 0 aromatic rings. The van der Waals surface area contributed by atoms with Crippen molar-refractivity contribution in [2.75, 3.05) is 6.61 Å². The first-order valence-electron chi connectivity index (χ1n) is 15.5. The number of rotatable bonds is 9. The molecule has 12 unspecified atom stereocenters. The van der Waals surface area contributed by atoms with Gasteiger partial charge in [-0.15, -0.1) is 0 Å². The number of allylic oxidation sites excluding steroid dienone is 2. The molecule has 234 valence electrons. The van der Waals surface area contributed by atoms with Gasteiger partial charge in [-0.1, -0.05) is 47.6 Å². The molecule has 0 aromatic carbocycles. The molecule has 0 saturated heterocycles. The van der Waals surface area contributed by atoms with Gasteiger partial charge in [0.05, 0.1) is 6.61 Å². The predicted molar refractivity (Wildman–Crippen MR) is 153 cm³/mol. The van der Waals surface area contributed by atoms with Gasteiger partial charge in [-0.05, 0) is 84.0 Å². The normalized spacial score (nSPS) is 44.1. The zero-order valence-corrected chi connectivity index (χ0v) is 26.7. The smallest absolute Gasteiger partial charge is 0.397 e. The van der Waals surface area contributed by atoms with Gasteiger partial charge in [-0.25, -0.2) is 4.18 Å². The molecule has 0 amide bonds. The van der Waals surface area contributed by atoms with Crippen molar-refractivity contribution in [3.8, 4) is 0 Å². The first kappa shape index (κ1) is 31.5. The average molecular weight is 607 g/mol. The maximum Gasteiger partial charge on any atom is 0.397 e. The lowest BCUT2D eigenvalue weighted by Crippen LogP contribution is -2.55. The highest BCUT2D eigenvalue weighted by atomic mass is 32.3. The minimum Gasteiger partial charge on any atom is -0.462 e. The Morgan fingerprint density at radius 2 is 1.74 bits per heavy atom. The number of carbonyl (C=O) groups excluding carboxylic acids is 4. The van der Waals surface area contributed by atoms with E-state index in [1.807, 2.05) is 6.08 Å². The zero-order valence-electron chi connectivity index (χ0n) is 25.8. The standard InChI is InChI=1S/C32H46O9S/c1-17(15-40-42(37,38)39)18(2)27(35)28(36)20(4)26-24(41-21(5)33)14-30(7)25-9-8-22-19(3)23(34)10-11-31(22)16-32(25,31)13-12-29(26,30)6/h10-11,17-20,22,24-26H,8-9,12-16H2,1-7H3,(H,37,38,39). The quantitative estimate of drug-likeness (QED) is 0.223. The Labute approximate surface area is 249 Å². The Balaban J connectivity index is 1.44. The molecule has 0 heterocycles. The van der Waals surface area contributed by atoms with Crippen LogP contribution in [0.4, 0.5) is 0 Å². The van der Waals surface area contributed by atoms with Crippen LogP contribution in [0, 0.1) is 63.1 Å². The molecule has 0 aliphatic heterocycles. The number of fused-ring (bicyclic) bond motifs is 2. The highest BCUT2D eigenvalue weighted by Crippen LogP contribution is 2.87. The van der Waals surface area contributed by atoms with Crippen LogP contribution in [0.3, 0.4) is 0 Å². The highest BCUT2D eigenvalue weighted by molar-refractivity contribution is 7.80. The molecule has 0 radical (unpaired) electrons. The number of hydrogen-bond donors (Lipinski definition) is 1. The van der Waals surface area contributed by atoms with E-state index in [0.29, 0.717) is 18.3 Å². The van der Waals surface area contributed by atoms with Crippen molar-refractivity contribution in [3.63, 3.8) is 0 Å². The zero-order chi connectivity index (χ0) is 31.2. The van der Waals surface area contributed by atoms with Gasteiger partial charge >= 0.3 is 16.4 Å². The summed E-state index contributed by atoms with van der Waals surface area (Å²) in [4.78, 5) is 52.1. The monoisotopic (exact) mass is 606 g/mol. The second-order valence-electron chi connectivity index (χ2n) is 14.8.